The van der Waals surface area contributed by atoms with Crippen LogP contribution in [-0.2, 0) is 6.54 Å². The molecule has 0 unspecified atom stereocenters. The Balaban J connectivity index is 0.000000218. The number of hydrogen-bond donors (Lipinski definition) is 1. The van der Waals surface area contributed by atoms with E-state index in [-0.39, 0.29) is 6.73 Å². The molecule has 0 saturated carbocycles. The van der Waals surface area contributed by atoms with E-state index in [1.54, 1.807) is 12.4 Å². The minimum Gasteiger partial charge on any atom is -0.381 e. The Bertz CT molecular complexity index is 430. The standard InChI is InChI=1S/C9H14N2O.C6H7N/c1-2-11(8-12)7-9-5-3-4-6-10-9;1-6-4-2-3-5-7-6/h3-6,12H,2,7-8H2,1H3;2-5H,1H3. The molecule has 2 aromatic rings. The van der Waals surface area contributed by atoms with Gasteiger partial charge in [0.25, 0.3) is 0 Å². The van der Waals surface area contributed by atoms with Gasteiger partial charge in [-0.1, -0.05) is 19.1 Å². The first-order valence-electron chi connectivity index (χ1n) is 6.37. The lowest BCUT2D eigenvalue weighted by atomic mass is 10.3. The number of aryl methyl sites for hydroxylation is 1. The lowest BCUT2D eigenvalue weighted by Gasteiger charge is -2.15. The van der Waals surface area contributed by atoms with Crippen molar-refractivity contribution in [2.45, 2.75) is 20.4 Å². The molecule has 4 heteroatoms. The average molecular weight is 259 g/mol. The van der Waals surface area contributed by atoms with E-state index in [1.807, 2.05) is 55.1 Å². The van der Waals surface area contributed by atoms with Crippen LogP contribution in [-0.4, -0.2) is 33.2 Å². The molecule has 2 aromatic heterocycles. The second kappa shape index (κ2) is 9.19. The van der Waals surface area contributed by atoms with Crippen molar-refractivity contribution < 1.29 is 5.11 Å². The van der Waals surface area contributed by atoms with Crippen molar-refractivity contribution in [2.75, 3.05) is 13.3 Å². The van der Waals surface area contributed by atoms with E-state index >= 15 is 0 Å². The first-order valence-corrected chi connectivity index (χ1v) is 6.37. The monoisotopic (exact) mass is 259 g/mol. The van der Waals surface area contributed by atoms with Gasteiger partial charge < -0.3 is 5.11 Å². The summed E-state index contributed by atoms with van der Waals surface area (Å²) < 4.78 is 0. The van der Waals surface area contributed by atoms with E-state index in [4.69, 9.17) is 5.11 Å². The summed E-state index contributed by atoms with van der Waals surface area (Å²) in [5.74, 6) is 0. The van der Waals surface area contributed by atoms with Crippen molar-refractivity contribution in [2.24, 2.45) is 0 Å². The highest BCUT2D eigenvalue weighted by Crippen LogP contribution is 1.98. The third-order valence-electron chi connectivity index (χ3n) is 2.57. The number of aliphatic hydroxyl groups excluding tert-OH is 1. The van der Waals surface area contributed by atoms with E-state index in [0.29, 0.717) is 6.54 Å². The number of nitrogens with zero attached hydrogens (tertiary/aromatic N) is 3. The molecule has 2 heterocycles. The van der Waals surface area contributed by atoms with Gasteiger partial charge in [0.1, 0.15) is 0 Å². The number of aliphatic hydroxyl groups is 1. The third kappa shape index (κ3) is 6.64. The summed E-state index contributed by atoms with van der Waals surface area (Å²) in [5.41, 5.74) is 2.07. The molecule has 1 N–H and O–H groups in total. The first kappa shape index (κ1) is 15.3. The van der Waals surface area contributed by atoms with Crippen LogP contribution in [0, 0.1) is 6.92 Å². The second-order valence-electron chi connectivity index (χ2n) is 4.08. The molecule has 4 nitrogen and oxygen atoms in total. The summed E-state index contributed by atoms with van der Waals surface area (Å²) in [6.07, 6.45) is 3.55. The molecule has 0 radical (unpaired) electrons. The predicted molar refractivity (Wildman–Crippen MR) is 76.4 cm³/mol. The Labute approximate surface area is 114 Å². The molecule has 0 saturated heterocycles. The Morgan fingerprint density at radius 2 is 1.74 bits per heavy atom. The molecule has 0 spiro atoms. The van der Waals surface area contributed by atoms with Gasteiger partial charge in [0, 0.05) is 24.6 Å². The van der Waals surface area contributed by atoms with Crippen molar-refractivity contribution >= 4 is 0 Å². The van der Waals surface area contributed by atoms with Gasteiger partial charge in [-0.2, -0.15) is 0 Å². The Morgan fingerprint density at radius 1 is 1.05 bits per heavy atom. The molecule has 102 valence electrons. The van der Waals surface area contributed by atoms with Gasteiger partial charge in [-0.25, -0.2) is 0 Å². The van der Waals surface area contributed by atoms with Gasteiger partial charge in [-0.05, 0) is 37.7 Å². The largest absolute Gasteiger partial charge is 0.381 e. The highest BCUT2D eigenvalue weighted by Gasteiger charge is 2.00. The lowest BCUT2D eigenvalue weighted by Crippen LogP contribution is -2.24. The molecule has 0 aliphatic carbocycles. The van der Waals surface area contributed by atoms with Gasteiger partial charge in [-0.15, -0.1) is 0 Å². The minimum atomic E-state index is 0.0904. The number of aromatic nitrogens is 2. The van der Waals surface area contributed by atoms with Crippen LogP contribution >= 0.6 is 0 Å². The third-order valence-corrected chi connectivity index (χ3v) is 2.57. The van der Waals surface area contributed by atoms with Crippen molar-refractivity contribution in [3.63, 3.8) is 0 Å². The van der Waals surface area contributed by atoms with Gasteiger partial charge >= 0.3 is 0 Å². The normalized spacial score (nSPS) is 9.89. The summed E-state index contributed by atoms with van der Waals surface area (Å²) in [5, 5.41) is 8.89. The Kier molecular flexibility index (Phi) is 7.39. The highest BCUT2D eigenvalue weighted by atomic mass is 16.3. The Morgan fingerprint density at radius 3 is 2.11 bits per heavy atom. The summed E-state index contributed by atoms with van der Waals surface area (Å²) >= 11 is 0. The minimum absolute atomic E-state index is 0.0904. The number of pyridine rings is 2. The number of rotatable bonds is 4. The molecule has 0 aliphatic rings. The zero-order valence-corrected chi connectivity index (χ0v) is 11.5. The van der Waals surface area contributed by atoms with Gasteiger partial charge in [0.05, 0.1) is 12.4 Å². The van der Waals surface area contributed by atoms with Gasteiger partial charge in [-0.3, -0.25) is 14.9 Å². The Hall–Kier alpha value is -1.78. The molecule has 0 atom stereocenters. The zero-order valence-electron chi connectivity index (χ0n) is 11.5. The summed E-state index contributed by atoms with van der Waals surface area (Å²) in [4.78, 5) is 10.0. The number of hydrogen-bond acceptors (Lipinski definition) is 4. The molecule has 0 amide bonds. The summed E-state index contributed by atoms with van der Waals surface area (Å²) in [6, 6.07) is 11.7. The highest BCUT2D eigenvalue weighted by molar-refractivity contribution is 5.03. The second-order valence-corrected chi connectivity index (χ2v) is 4.08. The topological polar surface area (TPSA) is 49.2 Å². The van der Waals surface area contributed by atoms with Crippen molar-refractivity contribution in [1.29, 1.82) is 0 Å². The van der Waals surface area contributed by atoms with Crippen LogP contribution in [0.2, 0.25) is 0 Å². The maximum Gasteiger partial charge on any atom is 0.0959 e. The van der Waals surface area contributed by atoms with E-state index in [9.17, 15) is 0 Å². The molecule has 0 aliphatic heterocycles. The van der Waals surface area contributed by atoms with Crippen molar-refractivity contribution in [1.82, 2.24) is 14.9 Å². The SMILES string of the molecule is CCN(CO)Cc1ccccn1.Cc1ccccn1. The molecular weight excluding hydrogens is 238 g/mol. The van der Waals surface area contributed by atoms with Crippen LogP contribution in [0.15, 0.2) is 48.8 Å². The fraction of sp³-hybridized carbons (Fsp3) is 0.333. The molecule has 0 bridgehead atoms. The maximum absolute atomic E-state index is 8.89. The van der Waals surface area contributed by atoms with Gasteiger partial charge in [0.15, 0.2) is 0 Å². The van der Waals surface area contributed by atoms with Crippen molar-refractivity contribution in [3.05, 3.63) is 60.2 Å². The van der Waals surface area contributed by atoms with Crippen LogP contribution in [0.25, 0.3) is 0 Å². The predicted octanol–water partition coefficient (Wildman–Crippen LogP) is 2.24. The van der Waals surface area contributed by atoms with E-state index in [1.165, 1.54) is 0 Å². The van der Waals surface area contributed by atoms with Gasteiger partial charge in [0.2, 0.25) is 0 Å². The zero-order chi connectivity index (χ0) is 13.9. The fourth-order valence-electron chi connectivity index (χ4n) is 1.43. The molecule has 0 fully saturated rings. The van der Waals surface area contributed by atoms with Crippen LogP contribution < -0.4 is 0 Å². The maximum atomic E-state index is 8.89. The van der Waals surface area contributed by atoms with Crippen LogP contribution in [0.4, 0.5) is 0 Å². The molecule has 19 heavy (non-hydrogen) atoms. The smallest absolute Gasteiger partial charge is 0.0959 e. The first-order chi connectivity index (χ1) is 9.26. The summed E-state index contributed by atoms with van der Waals surface area (Å²) in [6.45, 7) is 5.63. The van der Waals surface area contributed by atoms with Crippen LogP contribution in [0.5, 0.6) is 0 Å². The van der Waals surface area contributed by atoms with Crippen LogP contribution in [0.1, 0.15) is 18.3 Å². The fourth-order valence-corrected chi connectivity index (χ4v) is 1.43. The average Bonchev–Trinajstić information content (AvgIpc) is 2.47. The molecular formula is C15H21N3O. The van der Waals surface area contributed by atoms with Crippen LogP contribution in [0.3, 0.4) is 0 Å². The van der Waals surface area contributed by atoms with E-state index in [0.717, 1.165) is 17.9 Å². The molecule has 0 aromatic carbocycles. The van der Waals surface area contributed by atoms with E-state index in [2.05, 4.69) is 9.97 Å². The quantitative estimate of drug-likeness (QED) is 0.856. The van der Waals surface area contributed by atoms with E-state index < -0.39 is 0 Å². The molecule has 2 rings (SSSR count). The van der Waals surface area contributed by atoms with Crippen molar-refractivity contribution in [3.8, 4) is 0 Å². The lowest BCUT2D eigenvalue weighted by molar-refractivity contribution is 0.105. The summed E-state index contributed by atoms with van der Waals surface area (Å²) in [7, 11) is 0.